The molecule has 0 spiro atoms. The monoisotopic (exact) mass is 315 g/mol. The standard InChI is InChI=1S/C16H21N5O2/c22-16-5-12-3-1-2-4-13(12)20-21(16)15-10-23-9-14(15)17-6-11-7-18-19-8-11/h5,7-8,14-15,17H,1-4,6,9-10H2,(H,18,19). The molecule has 2 unspecified atom stereocenters. The SMILES string of the molecule is O=c1cc2c(nn1C1COCC1NCc1cn[nH]c1)CCCC2. The molecule has 2 aromatic rings. The molecule has 2 N–H and O–H groups in total. The van der Waals surface area contributed by atoms with Crippen LogP contribution >= 0.6 is 0 Å². The summed E-state index contributed by atoms with van der Waals surface area (Å²) in [6.07, 6.45) is 7.90. The topological polar surface area (TPSA) is 84.8 Å². The van der Waals surface area contributed by atoms with Crippen molar-refractivity contribution >= 4 is 0 Å². The van der Waals surface area contributed by atoms with Gasteiger partial charge in [0, 0.05) is 24.4 Å². The van der Waals surface area contributed by atoms with Gasteiger partial charge >= 0.3 is 0 Å². The lowest BCUT2D eigenvalue weighted by atomic mass is 9.97. The highest BCUT2D eigenvalue weighted by Crippen LogP contribution is 2.21. The maximum Gasteiger partial charge on any atom is 0.267 e. The Labute approximate surface area is 134 Å². The summed E-state index contributed by atoms with van der Waals surface area (Å²) in [5.74, 6) is 0. The molecule has 1 aliphatic carbocycles. The molecule has 2 atom stereocenters. The van der Waals surface area contributed by atoms with Gasteiger partial charge in [-0.15, -0.1) is 0 Å². The maximum absolute atomic E-state index is 12.5. The maximum atomic E-state index is 12.5. The highest BCUT2D eigenvalue weighted by Gasteiger charge is 2.31. The highest BCUT2D eigenvalue weighted by molar-refractivity contribution is 5.20. The predicted molar refractivity (Wildman–Crippen MR) is 84.2 cm³/mol. The Morgan fingerprint density at radius 2 is 2.26 bits per heavy atom. The minimum atomic E-state index is -0.0540. The molecule has 4 rings (SSSR count). The van der Waals surface area contributed by atoms with Crippen LogP contribution in [0.5, 0.6) is 0 Å². The summed E-state index contributed by atoms with van der Waals surface area (Å²) in [6.45, 7) is 1.81. The van der Waals surface area contributed by atoms with Crippen molar-refractivity contribution in [2.45, 2.75) is 44.3 Å². The predicted octanol–water partition coefficient (Wildman–Crippen LogP) is 0.575. The van der Waals surface area contributed by atoms with E-state index in [4.69, 9.17) is 4.74 Å². The number of hydrogen-bond donors (Lipinski definition) is 2. The summed E-state index contributed by atoms with van der Waals surface area (Å²) in [5, 5.41) is 14.9. The fraction of sp³-hybridized carbons (Fsp3) is 0.562. The molecule has 0 radical (unpaired) electrons. The summed E-state index contributed by atoms with van der Waals surface area (Å²) < 4.78 is 7.24. The minimum absolute atomic E-state index is 0.0174. The van der Waals surface area contributed by atoms with E-state index in [9.17, 15) is 4.79 Å². The first-order chi connectivity index (χ1) is 11.3. The summed E-state index contributed by atoms with van der Waals surface area (Å²) >= 11 is 0. The molecule has 1 aliphatic heterocycles. The number of hydrogen-bond acceptors (Lipinski definition) is 5. The molecule has 23 heavy (non-hydrogen) atoms. The van der Waals surface area contributed by atoms with Crippen LogP contribution < -0.4 is 10.9 Å². The van der Waals surface area contributed by atoms with E-state index >= 15 is 0 Å². The quantitative estimate of drug-likeness (QED) is 0.862. The fourth-order valence-electron chi connectivity index (χ4n) is 3.42. The van der Waals surface area contributed by atoms with Gasteiger partial charge in [0.15, 0.2) is 0 Å². The Morgan fingerprint density at radius 3 is 3.13 bits per heavy atom. The fourth-order valence-corrected chi connectivity index (χ4v) is 3.42. The molecule has 2 aromatic heterocycles. The molecule has 1 fully saturated rings. The Bertz CT molecular complexity index is 725. The van der Waals surface area contributed by atoms with Gasteiger partial charge in [-0.1, -0.05) is 0 Å². The zero-order chi connectivity index (χ0) is 15.6. The second kappa shape index (κ2) is 6.25. The van der Waals surface area contributed by atoms with Crippen LogP contribution in [-0.2, 0) is 24.1 Å². The van der Waals surface area contributed by atoms with E-state index in [2.05, 4.69) is 20.6 Å². The smallest absolute Gasteiger partial charge is 0.267 e. The first kappa shape index (κ1) is 14.6. The number of H-pyrrole nitrogens is 1. The second-order valence-electron chi connectivity index (χ2n) is 6.30. The average molecular weight is 315 g/mol. The molecule has 122 valence electrons. The van der Waals surface area contributed by atoms with Crippen LogP contribution in [-0.4, -0.2) is 39.2 Å². The highest BCUT2D eigenvalue weighted by atomic mass is 16.5. The third-order valence-corrected chi connectivity index (χ3v) is 4.72. The number of rotatable bonds is 4. The van der Waals surface area contributed by atoms with Crippen molar-refractivity contribution in [3.63, 3.8) is 0 Å². The molecule has 1 saturated heterocycles. The lowest BCUT2D eigenvalue weighted by Gasteiger charge is -2.22. The van der Waals surface area contributed by atoms with Crippen molar-refractivity contribution in [1.29, 1.82) is 0 Å². The molecule has 0 amide bonds. The molecule has 7 heteroatoms. The Kier molecular flexibility index (Phi) is 3.97. The van der Waals surface area contributed by atoms with E-state index in [1.807, 2.05) is 6.20 Å². The lowest BCUT2D eigenvalue weighted by molar-refractivity contribution is 0.180. The number of aromatic nitrogens is 4. The van der Waals surface area contributed by atoms with Gasteiger partial charge in [0.1, 0.15) is 0 Å². The van der Waals surface area contributed by atoms with Gasteiger partial charge in [-0.3, -0.25) is 9.89 Å². The van der Waals surface area contributed by atoms with Crippen LogP contribution in [0.15, 0.2) is 23.3 Å². The van der Waals surface area contributed by atoms with Crippen LogP contribution in [0.3, 0.4) is 0 Å². The van der Waals surface area contributed by atoms with Gasteiger partial charge < -0.3 is 10.1 Å². The van der Waals surface area contributed by atoms with Crippen LogP contribution in [0, 0.1) is 0 Å². The third kappa shape index (κ3) is 2.94. The molecule has 3 heterocycles. The molecule has 2 aliphatic rings. The van der Waals surface area contributed by atoms with E-state index in [-0.39, 0.29) is 17.6 Å². The van der Waals surface area contributed by atoms with Gasteiger partial charge in [-0.2, -0.15) is 10.2 Å². The lowest BCUT2D eigenvalue weighted by Crippen LogP contribution is -2.41. The van der Waals surface area contributed by atoms with E-state index < -0.39 is 0 Å². The van der Waals surface area contributed by atoms with Crippen LogP contribution in [0.25, 0.3) is 0 Å². The largest absolute Gasteiger partial charge is 0.377 e. The van der Waals surface area contributed by atoms with Crippen molar-refractivity contribution in [3.05, 3.63) is 45.6 Å². The van der Waals surface area contributed by atoms with Crippen molar-refractivity contribution in [1.82, 2.24) is 25.3 Å². The molecular weight excluding hydrogens is 294 g/mol. The summed E-state index contributed by atoms with van der Waals surface area (Å²) in [4.78, 5) is 12.5. The number of nitrogens with zero attached hydrogens (tertiary/aromatic N) is 3. The van der Waals surface area contributed by atoms with Crippen LogP contribution in [0.1, 0.15) is 35.7 Å². The van der Waals surface area contributed by atoms with Crippen molar-refractivity contribution in [3.8, 4) is 0 Å². The Hall–Kier alpha value is -1.99. The molecule has 0 saturated carbocycles. The normalized spacial score (nSPS) is 23.8. The number of aryl methyl sites for hydroxylation is 2. The van der Waals surface area contributed by atoms with Crippen molar-refractivity contribution in [2.24, 2.45) is 0 Å². The van der Waals surface area contributed by atoms with Crippen LogP contribution in [0.2, 0.25) is 0 Å². The van der Waals surface area contributed by atoms with E-state index in [1.54, 1.807) is 16.9 Å². The first-order valence-corrected chi connectivity index (χ1v) is 8.21. The summed E-state index contributed by atoms with van der Waals surface area (Å²) in [6, 6.07) is 1.80. The van der Waals surface area contributed by atoms with Gasteiger partial charge in [-0.25, -0.2) is 4.68 Å². The molecular formula is C16H21N5O2. The van der Waals surface area contributed by atoms with E-state index in [0.717, 1.165) is 42.5 Å². The van der Waals surface area contributed by atoms with Crippen molar-refractivity contribution < 1.29 is 4.74 Å². The number of ether oxygens (including phenoxy) is 1. The summed E-state index contributed by atoms with van der Waals surface area (Å²) in [5.41, 5.74) is 3.27. The van der Waals surface area contributed by atoms with E-state index in [0.29, 0.717) is 19.8 Å². The number of fused-ring (bicyclic) bond motifs is 1. The molecule has 0 aromatic carbocycles. The third-order valence-electron chi connectivity index (χ3n) is 4.72. The number of nitrogens with one attached hydrogen (secondary N) is 2. The first-order valence-electron chi connectivity index (χ1n) is 8.21. The van der Waals surface area contributed by atoms with Gasteiger partial charge in [0.05, 0.1) is 37.2 Å². The molecule has 7 nitrogen and oxygen atoms in total. The Morgan fingerprint density at radius 1 is 1.35 bits per heavy atom. The Balaban J connectivity index is 1.55. The zero-order valence-corrected chi connectivity index (χ0v) is 13.0. The van der Waals surface area contributed by atoms with Gasteiger partial charge in [0.2, 0.25) is 0 Å². The van der Waals surface area contributed by atoms with Crippen molar-refractivity contribution in [2.75, 3.05) is 13.2 Å². The van der Waals surface area contributed by atoms with Gasteiger partial charge in [-0.05, 0) is 31.2 Å². The summed E-state index contributed by atoms with van der Waals surface area (Å²) in [7, 11) is 0. The zero-order valence-electron chi connectivity index (χ0n) is 13.0. The second-order valence-corrected chi connectivity index (χ2v) is 6.30. The van der Waals surface area contributed by atoms with Gasteiger partial charge in [0.25, 0.3) is 5.56 Å². The van der Waals surface area contributed by atoms with Crippen LogP contribution in [0.4, 0.5) is 0 Å². The minimum Gasteiger partial charge on any atom is -0.377 e. The average Bonchev–Trinajstić information content (AvgIpc) is 3.23. The molecule has 0 bridgehead atoms. The van der Waals surface area contributed by atoms with E-state index in [1.165, 1.54) is 0 Å². The number of aromatic amines is 1.